The fourth-order valence-corrected chi connectivity index (χ4v) is 3.32. The summed E-state index contributed by atoms with van der Waals surface area (Å²) in [7, 11) is 3.80. The SMILES string of the molecule is CN(C)c1nc(-c2cc(Cl)ccc2O)nc2c1Cc1cc(Cl)ccc1O2. The minimum absolute atomic E-state index is 0.0575. The standard InChI is InChI=1S/C19H15Cl2N3O2/c1-24(2)18-14-8-10-7-11(20)4-6-16(10)26-19(14)23-17(22-18)13-9-12(21)3-5-15(13)25/h3-7,9,25H,8H2,1-2H3. The van der Waals surface area contributed by atoms with Gasteiger partial charge in [0, 0.05) is 36.1 Å². The monoisotopic (exact) mass is 387 g/mol. The first kappa shape index (κ1) is 16.9. The Labute approximate surface area is 160 Å². The zero-order valence-electron chi connectivity index (χ0n) is 14.1. The number of fused-ring (bicyclic) bond motifs is 2. The highest BCUT2D eigenvalue weighted by atomic mass is 35.5. The van der Waals surface area contributed by atoms with E-state index in [9.17, 15) is 5.11 Å². The number of aromatic hydroxyl groups is 1. The Hall–Kier alpha value is -2.50. The van der Waals surface area contributed by atoms with E-state index in [2.05, 4.69) is 9.97 Å². The van der Waals surface area contributed by atoms with Crippen LogP contribution in [-0.2, 0) is 6.42 Å². The predicted molar refractivity (Wildman–Crippen MR) is 103 cm³/mol. The summed E-state index contributed by atoms with van der Waals surface area (Å²) in [5.74, 6) is 2.31. The molecule has 0 atom stereocenters. The van der Waals surface area contributed by atoms with Crippen LogP contribution in [0.4, 0.5) is 5.82 Å². The number of rotatable bonds is 2. The molecule has 3 aromatic rings. The second kappa shape index (κ2) is 6.34. The van der Waals surface area contributed by atoms with Crippen LogP contribution in [0.25, 0.3) is 11.4 Å². The lowest BCUT2D eigenvalue weighted by atomic mass is 10.0. The van der Waals surface area contributed by atoms with Crippen molar-refractivity contribution in [2.45, 2.75) is 6.42 Å². The van der Waals surface area contributed by atoms with Gasteiger partial charge in [-0.1, -0.05) is 23.2 Å². The fourth-order valence-electron chi connectivity index (χ4n) is 2.95. The molecule has 4 rings (SSSR count). The van der Waals surface area contributed by atoms with Crippen molar-refractivity contribution in [1.82, 2.24) is 9.97 Å². The van der Waals surface area contributed by atoms with E-state index in [1.54, 1.807) is 18.2 Å². The van der Waals surface area contributed by atoms with E-state index in [0.29, 0.717) is 39.5 Å². The highest BCUT2D eigenvalue weighted by Crippen LogP contribution is 2.41. The fraction of sp³-hybridized carbons (Fsp3) is 0.158. The lowest BCUT2D eigenvalue weighted by Gasteiger charge is -2.24. The maximum Gasteiger partial charge on any atom is 0.228 e. The van der Waals surface area contributed by atoms with Crippen LogP contribution in [0.3, 0.4) is 0 Å². The number of benzene rings is 2. The van der Waals surface area contributed by atoms with Gasteiger partial charge in [0.25, 0.3) is 0 Å². The smallest absolute Gasteiger partial charge is 0.228 e. The average Bonchev–Trinajstić information content (AvgIpc) is 2.61. The molecule has 0 saturated heterocycles. The Balaban J connectivity index is 1.89. The number of phenols is 1. The lowest BCUT2D eigenvalue weighted by molar-refractivity contribution is 0.439. The molecule has 5 nitrogen and oxygen atoms in total. The number of anilines is 1. The molecule has 1 aromatic heterocycles. The number of nitrogens with zero attached hydrogens (tertiary/aromatic N) is 3. The van der Waals surface area contributed by atoms with Crippen LogP contribution in [0.5, 0.6) is 17.4 Å². The van der Waals surface area contributed by atoms with Gasteiger partial charge in [0.1, 0.15) is 17.3 Å². The summed E-state index contributed by atoms with van der Waals surface area (Å²) < 4.78 is 6.00. The zero-order chi connectivity index (χ0) is 18.4. The first-order chi connectivity index (χ1) is 12.4. The predicted octanol–water partition coefficient (Wildman–Crippen LogP) is 4.92. The third kappa shape index (κ3) is 2.93. The molecule has 0 fully saturated rings. The van der Waals surface area contributed by atoms with Gasteiger partial charge in [-0.3, -0.25) is 0 Å². The molecule has 0 spiro atoms. The molecule has 0 saturated carbocycles. The number of hydrogen-bond donors (Lipinski definition) is 1. The molecule has 1 aliphatic rings. The highest BCUT2D eigenvalue weighted by molar-refractivity contribution is 6.31. The van der Waals surface area contributed by atoms with Gasteiger partial charge < -0.3 is 14.7 Å². The van der Waals surface area contributed by atoms with Crippen molar-refractivity contribution >= 4 is 29.0 Å². The second-order valence-electron chi connectivity index (χ2n) is 6.24. The normalized spacial score (nSPS) is 12.2. The van der Waals surface area contributed by atoms with Crippen LogP contribution >= 0.6 is 23.2 Å². The molecule has 0 unspecified atom stereocenters. The van der Waals surface area contributed by atoms with Crippen LogP contribution in [-0.4, -0.2) is 29.2 Å². The summed E-state index contributed by atoms with van der Waals surface area (Å²) in [6.07, 6.45) is 0.612. The van der Waals surface area contributed by atoms with Gasteiger partial charge in [-0.15, -0.1) is 0 Å². The molecule has 0 aliphatic carbocycles. The van der Waals surface area contributed by atoms with Crippen LogP contribution < -0.4 is 9.64 Å². The molecule has 2 heterocycles. The Bertz CT molecular complexity index is 1020. The van der Waals surface area contributed by atoms with Crippen molar-refractivity contribution in [1.29, 1.82) is 0 Å². The van der Waals surface area contributed by atoms with Gasteiger partial charge in [0.15, 0.2) is 5.82 Å². The Morgan fingerprint density at radius 3 is 2.54 bits per heavy atom. The number of phenolic OH excluding ortho intramolecular Hbond substituents is 1. The van der Waals surface area contributed by atoms with E-state index in [0.717, 1.165) is 16.9 Å². The van der Waals surface area contributed by atoms with E-state index in [-0.39, 0.29) is 5.75 Å². The minimum atomic E-state index is 0.0575. The first-order valence-electron chi connectivity index (χ1n) is 7.96. The van der Waals surface area contributed by atoms with Crippen molar-refractivity contribution < 1.29 is 9.84 Å². The summed E-state index contributed by atoms with van der Waals surface area (Å²) in [4.78, 5) is 11.1. The van der Waals surface area contributed by atoms with Gasteiger partial charge in [-0.05, 0) is 36.4 Å². The first-order valence-corrected chi connectivity index (χ1v) is 8.71. The molecule has 26 heavy (non-hydrogen) atoms. The molecule has 0 radical (unpaired) electrons. The lowest BCUT2D eigenvalue weighted by Crippen LogP contribution is -2.17. The van der Waals surface area contributed by atoms with Gasteiger partial charge in [0.05, 0.1) is 11.1 Å². The van der Waals surface area contributed by atoms with Crippen molar-refractivity contribution in [3.8, 4) is 28.8 Å². The summed E-state index contributed by atoms with van der Waals surface area (Å²) in [6.45, 7) is 0. The molecular weight excluding hydrogens is 373 g/mol. The third-order valence-electron chi connectivity index (χ3n) is 4.17. The molecule has 7 heteroatoms. The summed E-state index contributed by atoms with van der Waals surface area (Å²) >= 11 is 12.2. The second-order valence-corrected chi connectivity index (χ2v) is 7.11. The van der Waals surface area contributed by atoms with E-state index >= 15 is 0 Å². The summed E-state index contributed by atoms with van der Waals surface area (Å²) in [5, 5.41) is 11.4. The van der Waals surface area contributed by atoms with Crippen molar-refractivity contribution in [2.75, 3.05) is 19.0 Å². The van der Waals surface area contributed by atoms with Crippen LogP contribution in [0, 0.1) is 0 Å². The summed E-state index contributed by atoms with van der Waals surface area (Å²) in [5.41, 5.74) is 2.30. The Kier molecular flexibility index (Phi) is 4.13. The van der Waals surface area contributed by atoms with E-state index in [1.807, 2.05) is 31.1 Å². The quantitative estimate of drug-likeness (QED) is 0.528. The number of aromatic nitrogens is 2. The van der Waals surface area contributed by atoms with Crippen molar-refractivity contribution in [2.24, 2.45) is 0 Å². The minimum Gasteiger partial charge on any atom is -0.507 e. The molecule has 0 bridgehead atoms. The molecule has 132 valence electrons. The zero-order valence-corrected chi connectivity index (χ0v) is 15.6. The number of hydrogen-bond acceptors (Lipinski definition) is 5. The van der Waals surface area contributed by atoms with Gasteiger partial charge >= 0.3 is 0 Å². The molecule has 1 aliphatic heterocycles. The van der Waals surface area contributed by atoms with Gasteiger partial charge in [-0.2, -0.15) is 4.98 Å². The summed E-state index contributed by atoms with van der Waals surface area (Å²) in [6, 6.07) is 10.3. The van der Waals surface area contributed by atoms with Gasteiger partial charge in [-0.25, -0.2) is 4.98 Å². The average molecular weight is 388 g/mol. The van der Waals surface area contributed by atoms with Crippen LogP contribution in [0.1, 0.15) is 11.1 Å². The van der Waals surface area contributed by atoms with E-state index < -0.39 is 0 Å². The molecule has 0 amide bonds. The maximum absolute atomic E-state index is 10.2. The van der Waals surface area contributed by atoms with Gasteiger partial charge in [0.2, 0.25) is 5.88 Å². The van der Waals surface area contributed by atoms with Crippen LogP contribution in [0.15, 0.2) is 36.4 Å². The molecule has 2 aromatic carbocycles. The Morgan fingerprint density at radius 2 is 1.77 bits per heavy atom. The van der Waals surface area contributed by atoms with Crippen LogP contribution in [0.2, 0.25) is 10.0 Å². The van der Waals surface area contributed by atoms with Crippen molar-refractivity contribution in [3.63, 3.8) is 0 Å². The number of ether oxygens (including phenoxy) is 1. The molecule has 1 N–H and O–H groups in total. The third-order valence-corrected chi connectivity index (χ3v) is 4.64. The largest absolute Gasteiger partial charge is 0.507 e. The highest BCUT2D eigenvalue weighted by Gasteiger charge is 2.25. The van der Waals surface area contributed by atoms with E-state index in [4.69, 9.17) is 27.9 Å². The Morgan fingerprint density at radius 1 is 1.04 bits per heavy atom. The maximum atomic E-state index is 10.2. The van der Waals surface area contributed by atoms with E-state index in [1.165, 1.54) is 6.07 Å². The molecular formula is C19H15Cl2N3O2. The topological polar surface area (TPSA) is 58.5 Å². The van der Waals surface area contributed by atoms with Crippen molar-refractivity contribution in [3.05, 3.63) is 57.6 Å². The number of halogens is 2.